The molecule has 0 radical (unpaired) electrons. The molecule has 0 aliphatic rings. The summed E-state index contributed by atoms with van der Waals surface area (Å²) in [6.45, 7) is 0. The van der Waals surface area contributed by atoms with Crippen LogP contribution in [0.2, 0.25) is 0 Å². The Morgan fingerprint density at radius 1 is 1.05 bits per heavy atom. The minimum absolute atomic E-state index is 0.489. The first-order valence-electron chi connectivity index (χ1n) is 6.26. The van der Waals surface area contributed by atoms with E-state index in [0.717, 1.165) is 16.7 Å². The molecule has 98 valence electrons. The Morgan fingerprint density at radius 2 is 1.75 bits per heavy atom. The van der Waals surface area contributed by atoms with Gasteiger partial charge < -0.3 is 5.73 Å². The average molecular weight is 263 g/mol. The van der Waals surface area contributed by atoms with Crippen LogP contribution in [0, 0.1) is 0 Å². The van der Waals surface area contributed by atoms with Gasteiger partial charge in [0.25, 0.3) is 0 Å². The Balaban J connectivity index is 2.26. The summed E-state index contributed by atoms with van der Waals surface area (Å²) >= 11 is 0. The topological polar surface area (TPSA) is 60.9 Å². The molecule has 1 aromatic heterocycles. The van der Waals surface area contributed by atoms with Crippen LogP contribution in [-0.4, -0.2) is 15.5 Å². The second-order valence-corrected chi connectivity index (χ2v) is 4.37. The highest BCUT2D eigenvalue weighted by molar-refractivity contribution is 5.90. The lowest BCUT2D eigenvalue weighted by atomic mass is 10.3. The smallest absolute Gasteiger partial charge is 0.241 e. The van der Waals surface area contributed by atoms with Gasteiger partial charge in [-0.05, 0) is 30.3 Å². The van der Waals surface area contributed by atoms with Crippen molar-refractivity contribution in [1.29, 1.82) is 0 Å². The number of benzene rings is 2. The number of para-hydroxylation sites is 3. The van der Waals surface area contributed by atoms with Crippen molar-refractivity contribution >= 4 is 23.0 Å². The maximum absolute atomic E-state index is 10.9. The molecular formula is C16H13N3O. The number of fused-ring (bicyclic) bond motifs is 1. The first-order valence-corrected chi connectivity index (χ1v) is 6.26. The monoisotopic (exact) mass is 263 g/mol. The molecule has 1 heterocycles. The van der Waals surface area contributed by atoms with Gasteiger partial charge in [0.05, 0.1) is 11.0 Å². The van der Waals surface area contributed by atoms with Crippen LogP contribution in [0.4, 0.5) is 0 Å². The number of amides is 1. The number of imidazole rings is 1. The third-order valence-corrected chi connectivity index (χ3v) is 3.00. The molecule has 0 saturated carbocycles. The van der Waals surface area contributed by atoms with E-state index in [-0.39, 0.29) is 0 Å². The second kappa shape index (κ2) is 5.01. The summed E-state index contributed by atoms with van der Waals surface area (Å²) in [5.41, 5.74) is 8.02. The molecule has 0 fully saturated rings. The highest BCUT2D eigenvalue weighted by Gasteiger charge is 2.09. The van der Waals surface area contributed by atoms with E-state index in [9.17, 15) is 4.79 Å². The Bertz CT molecular complexity index is 788. The fourth-order valence-electron chi connectivity index (χ4n) is 2.16. The second-order valence-electron chi connectivity index (χ2n) is 4.37. The summed E-state index contributed by atoms with van der Waals surface area (Å²) in [5, 5.41) is 0. The molecule has 0 saturated heterocycles. The van der Waals surface area contributed by atoms with Gasteiger partial charge in [0.2, 0.25) is 5.91 Å². The van der Waals surface area contributed by atoms with Gasteiger partial charge in [-0.2, -0.15) is 0 Å². The predicted molar refractivity (Wildman–Crippen MR) is 79.3 cm³/mol. The fraction of sp³-hybridized carbons (Fsp3) is 0. The van der Waals surface area contributed by atoms with E-state index in [1.54, 1.807) is 6.08 Å². The Morgan fingerprint density at radius 3 is 2.50 bits per heavy atom. The number of nitrogens with zero attached hydrogens (tertiary/aromatic N) is 2. The number of hydrogen-bond acceptors (Lipinski definition) is 2. The first kappa shape index (κ1) is 12.2. The summed E-state index contributed by atoms with van der Waals surface area (Å²) < 4.78 is 1.99. The van der Waals surface area contributed by atoms with Crippen LogP contribution < -0.4 is 5.73 Å². The molecule has 0 bridgehead atoms. The summed E-state index contributed by atoms with van der Waals surface area (Å²) in [6, 6.07) is 17.7. The number of primary amides is 1. The van der Waals surface area contributed by atoms with E-state index in [0.29, 0.717) is 5.82 Å². The molecule has 4 nitrogen and oxygen atoms in total. The van der Waals surface area contributed by atoms with Gasteiger partial charge in [-0.25, -0.2) is 4.98 Å². The molecule has 2 aromatic carbocycles. The van der Waals surface area contributed by atoms with Crippen LogP contribution in [0.25, 0.3) is 22.8 Å². The molecule has 0 aliphatic carbocycles. The van der Waals surface area contributed by atoms with Crippen molar-refractivity contribution in [2.45, 2.75) is 0 Å². The van der Waals surface area contributed by atoms with Gasteiger partial charge in [-0.3, -0.25) is 9.36 Å². The number of hydrogen-bond donors (Lipinski definition) is 1. The van der Waals surface area contributed by atoms with Gasteiger partial charge in [0.1, 0.15) is 5.82 Å². The van der Waals surface area contributed by atoms with Crippen LogP contribution in [0.1, 0.15) is 5.82 Å². The predicted octanol–water partition coefficient (Wildman–Crippen LogP) is 2.52. The zero-order chi connectivity index (χ0) is 13.9. The van der Waals surface area contributed by atoms with Crippen LogP contribution in [0.5, 0.6) is 0 Å². The molecule has 4 heteroatoms. The summed E-state index contributed by atoms with van der Waals surface area (Å²) in [6.07, 6.45) is 2.95. The highest BCUT2D eigenvalue weighted by atomic mass is 16.1. The third-order valence-electron chi connectivity index (χ3n) is 3.00. The SMILES string of the molecule is NC(=O)/C=C/c1nc2ccccc2n1-c1ccccc1. The molecule has 0 spiro atoms. The Kier molecular flexibility index (Phi) is 3.05. The molecule has 3 rings (SSSR count). The molecule has 0 unspecified atom stereocenters. The molecule has 3 aromatic rings. The van der Waals surface area contributed by atoms with Crippen molar-refractivity contribution in [3.05, 3.63) is 66.5 Å². The molecule has 1 amide bonds. The van der Waals surface area contributed by atoms with Crippen molar-refractivity contribution in [2.75, 3.05) is 0 Å². The number of rotatable bonds is 3. The van der Waals surface area contributed by atoms with Crippen molar-refractivity contribution in [2.24, 2.45) is 5.73 Å². The van der Waals surface area contributed by atoms with E-state index < -0.39 is 5.91 Å². The van der Waals surface area contributed by atoms with E-state index in [4.69, 9.17) is 5.73 Å². The van der Waals surface area contributed by atoms with E-state index in [1.165, 1.54) is 6.08 Å². The van der Waals surface area contributed by atoms with E-state index in [1.807, 2.05) is 59.2 Å². The molecule has 0 atom stereocenters. The zero-order valence-electron chi connectivity index (χ0n) is 10.7. The van der Waals surface area contributed by atoms with Gasteiger partial charge >= 0.3 is 0 Å². The Hall–Kier alpha value is -2.88. The molecule has 20 heavy (non-hydrogen) atoms. The quantitative estimate of drug-likeness (QED) is 0.738. The van der Waals surface area contributed by atoms with Gasteiger partial charge in [0.15, 0.2) is 0 Å². The number of nitrogens with two attached hydrogens (primary N) is 1. The van der Waals surface area contributed by atoms with Crippen LogP contribution in [0.15, 0.2) is 60.7 Å². The van der Waals surface area contributed by atoms with Crippen LogP contribution in [-0.2, 0) is 4.79 Å². The van der Waals surface area contributed by atoms with Gasteiger partial charge in [-0.1, -0.05) is 30.3 Å². The van der Waals surface area contributed by atoms with Gasteiger partial charge in [0, 0.05) is 11.8 Å². The maximum Gasteiger partial charge on any atom is 0.241 e. The third kappa shape index (κ3) is 2.19. The lowest BCUT2D eigenvalue weighted by molar-refractivity contribution is -0.113. The molecule has 2 N–H and O–H groups in total. The van der Waals surface area contributed by atoms with Crippen molar-refractivity contribution in [3.8, 4) is 5.69 Å². The summed E-state index contributed by atoms with van der Waals surface area (Å²) in [4.78, 5) is 15.5. The lowest BCUT2D eigenvalue weighted by Gasteiger charge is -2.06. The molecular weight excluding hydrogens is 250 g/mol. The number of aromatic nitrogens is 2. The highest BCUT2D eigenvalue weighted by Crippen LogP contribution is 2.22. The summed E-state index contributed by atoms with van der Waals surface area (Å²) in [7, 11) is 0. The zero-order valence-corrected chi connectivity index (χ0v) is 10.7. The van der Waals surface area contributed by atoms with Gasteiger partial charge in [-0.15, -0.1) is 0 Å². The Labute approximate surface area is 116 Å². The van der Waals surface area contributed by atoms with Crippen molar-refractivity contribution in [1.82, 2.24) is 9.55 Å². The number of carbonyl (C=O) groups excluding carboxylic acids is 1. The normalized spacial score (nSPS) is 11.2. The fourth-order valence-corrected chi connectivity index (χ4v) is 2.16. The maximum atomic E-state index is 10.9. The largest absolute Gasteiger partial charge is 0.366 e. The minimum Gasteiger partial charge on any atom is -0.366 e. The van der Waals surface area contributed by atoms with Crippen molar-refractivity contribution < 1.29 is 4.79 Å². The molecule has 0 aliphatic heterocycles. The van der Waals surface area contributed by atoms with Crippen LogP contribution >= 0.6 is 0 Å². The lowest BCUT2D eigenvalue weighted by Crippen LogP contribution is -2.06. The number of carbonyl (C=O) groups is 1. The van der Waals surface area contributed by atoms with E-state index >= 15 is 0 Å². The van der Waals surface area contributed by atoms with Crippen molar-refractivity contribution in [3.63, 3.8) is 0 Å². The average Bonchev–Trinajstić information content (AvgIpc) is 2.84. The summed E-state index contributed by atoms with van der Waals surface area (Å²) in [5.74, 6) is 0.188. The van der Waals surface area contributed by atoms with Crippen LogP contribution in [0.3, 0.4) is 0 Å². The first-order chi connectivity index (χ1) is 9.75. The standard InChI is InChI=1S/C16H13N3O/c17-15(20)10-11-16-18-13-8-4-5-9-14(13)19(16)12-6-2-1-3-7-12/h1-11H,(H2,17,20)/b11-10+. The van der Waals surface area contributed by atoms with E-state index in [2.05, 4.69) is 4.98 Å². The minimum atomic E-state index is -0.489.